The number of hydrogen-bond acceptors (Lipinski definition) is 4. The second kappa shape index (κ2) is 6.17. The van der Waals surface area contributed by atoms with E-state index >= 15 is 0 Å². The maximum Gasteiger partial charge on any atom is 0.488 e. The van der Waals surface area contributed by atoms with Crippen molar-refractivity contribution >= 4 is 26.6 Å². The van der Waals surface area contributed by atoms with Crippen LogP contribution in [0.4, 0.5) is 0 Å². The van der Waals surface area contributed by atoms with Crippen molar-refractivity contribution < 1.29 is 19.6 Å². The molecule has 0 amide bonds. The number of carbonyl (C=O) groups excluding carboxylic acids is 1. The first kappa shape index (κ1) is 15.0. The van der Waals surface area contributed by atoms with Crippen LogP contribution in [-0.4, -0.2) is 37.8 Å². The smallest absolute Gasteiger partial charge is 0.462 e. The first-order valence-electron chi connectivity index (χ1n) is 5.93. The Labute approximate surface area is 109 Å². The number of ether oxygens (including phenoxy) is 1. The van der Waals surface area contributed by atoms with Crippen LogP contribution in [0.15, 0.2) is 24.3 Å². The van der Waals surface area contributed by atoms with Gasteiger partial charge in [-0.05, 0) is 23.6 Å². The van der Waals surface area contributed by atoms with Crippen molar-refractivity contribution in [2.24, 2.45) is 0 Å². The lowest BCUT2D eigenvalue weighted by Gasteiger charge is -2.15. The maximum absolute atomic E-state index is 11.7. The van der Waals surface area contributed by atoms with Gasteiger partial charge in [0.15, 0.2) is 0 Å². The first-order valence-corrected chi connectivity index (χ1v) is 9.63. The Bertz CT molecular complexity index is 398. The monoisotopic (exact) mass is 266 g/mol. The molecule has 1 aromatic rings. The van der Waals surface area contributed by atoms with Gasteiger partial charge in [0, 0.05) is 8.07 Å². The largest absolute Gasteiger partial charge is 0.488 e. The van der Waals surface area contributed by atoms with Gasteiger partial charge in [-0.15, -0.1) is 0 Å². The Balaban J connectivity index is 2.52. The SMILES string of the molecule is C[Si](C)(C)CCOC(=O)c1ccc(B(O)O)cc1. The van der Waals surface area contributed by atoms with Crippen LogP contribution in [0.25, 0.3) is 0 Å². The summed E-state index contributed by atoms with van der Waals surface area (Å²) in [5.41, 5.74) is 0.781. The predicted molar refractivity (Wildman–Crippen MR) is 74.7 cm³/mol. The Kier molecular flexibility index (Phi) is 5.13. The summed E-state index contributed by atoms with van der Waals surface area (Å²) in [6, 6.07) is 7.00. The molecule has 0 saturated carbocycles. The molecule has 98 valence electrons. The summed E-state index contributed by atoms with van der Waals surface area (Å²) in [7, 11) is -2.70. The van der Waals surface area contributed by atoms with E-state index in [2.05, 4.69) is 19.6 Å². The van der Waals surface area contributed by atoms with E-state index in [0.717, 1.165) is 6.04 Å². The molecule has 18 heavy (non-hydrogen) atoms. The number of hydrogen-bond donors (Lipinski definition) is 2. The van der Waals surface area contributed by atoms with Gasteiger partial charge in [-0.1, -0.05) is 31.8 Å². The summed E-state index contributed by atoms with van der Waals surface area (Å²) in [5.74, 6) is -0.368. The third-order valence-electron chi connectivity index (χ3n) is 2.53. The average molecular weight is 266 g/mol. The highest BCUT2D eigenvalue weighted by molar-refractivity contribution is 6.76. The molecule has 0 aliphatic carbocycles. The van der Waals surface area contributed by atoms with Crippen LogP contribution < -0.4 is 5.46 Å². The topological polar surface area (TPSA) is 66.8 Å². The summed E-state index contributed by atoms with van der Waals surface area (Å²) >= 11 is 0. The normalized spacial score (nSPS) is 11.2. The van der Waals surface area contributed by atoms with E-state index in [1.54, 1.807) is 0 Å². The molecule has 0 radical (unpaired) electrons. The second-order valence-corrected chi connectivity index (χ2v) is 11.1. The highest BCUT2D eigenvalue weighted by atomic mass is 28.3. The van der Waals surface area contributed by atoms with E-state index in [0.29, 0.717) is 17.6 Å². The van der Waals surface area contributed by atoms with Crippen LogP contribution in [0.5, 0.6) is 0 Å². The van der Waals surface area contributed by atoms with Crippen molar-refractivity contribution in [3.05, 3.63) is 29.8 Å². The van der Waals surface area contributed by atoms with Crippen LogP contribution in [-0.2, 0) is 4.74 Å². The predicted octanol–water partition coefficient (Wildman–Crippen LogP) is 0.861. The molecule has 0 atom stereocenters. The summed E-state index contributed by atoms with van der Waals surface area (Å²) < 4.78 is 5.18. The minimum absolute atomic E-state index is 0.355. The maximum atomic E-state index is 11.7. The lowest BCUT2D eigenvalue weighted by molar-refractivity contribution is 0.0525. The van der Waals surface area contributed by atoms with E-state index in [1.165, 1.54) is 24.3 Å². The number of esters is 1. The van der Waals surface area contributed by atoms with Gasteiger partial charge in [0.25, 0.3) is 0 Å². The number of carbonyl (C=O) groups is 1. The Morgan fingerprint density at radius 3 is 2.22 bits per heavy atom. The minimum atomic E-state index is -1.51. The molecule has 0 heterocycles. The summed E-state index contributed by atoms with van der Waals surface area (Å²) in [6.07, 6.45) is 0. The molecule has 0 unspecified atom stereocenters. The summed E-state index contributed by atoms with van der Waals surface area (Å²) in [4.78, 5) is 11.7. The molecular formula is C12H19BO4Si. The summed E-state index contributed by atoms with van der Waals surface area (Å²) in [5, 5.41) is 17.9. The van der Waals surface area contributed by atoms with Crippen LogP contribution in [0.2, 0.25) is 25.7 Å². The van der Waals surface area contributed by atoms with E-state index in [1.807, 2.05) is 0 Å². The molecule has 0 spiro atoms. The van der Waals surface area contributed by atoms with E-state index in [-0.39, 0.29) is 5.97 Å². The Hall–Kier alpha value is -1.11. The zero-order valence-electron chi connectivity index (χ0n) is 11.0. The van der Waals surface area contributed by atoms with E-state index in [4.69, 9.17) is 14.8 Å². The van der Waals surface area contributed by atoms with Gasteiger partial charge < -0.3 is 14.8 Å². The van der Waals surface area contributed by atoms with Crippen LogP contribution in [0.3, 0.4) is 0 Å². The fourth-order valence-corrected chi connectivity index (χ4v) is 2.04. The fourth-order valence-electron chi connectivity index (χ4n) is 1.32. The van der Waals surface area contributed by atoms with Gasteiger partial charge in [-0.25, -0.2) is 4.79 Å². The molecule has 2 N–H and O–H groups in total. The van der Waals surface area contributed by atoms with Gasteiger partial charge in [0.05, 0.1) is 12.2 Å². The van der Waals surface area contributed by atoms with Gasteiger partial charge in [-0.3, -0.25) is 0 Å². The Morgan fingerprint density at radius 1 is 1.22 bits per heavy atom. The lowest BCUT2D eigenvalue weighted by atomic mass is 9.80. The minimum Gasteiger partial charge on any atom is -0.462 e. The van der Waals surface area contributed by atoms with Crippen molar-refractivity contribution in [2.75, 3.05) is 6.61 Å². The van der Waals surface area contributed by atoms with Gasteiger partial charge in [0.1, 0.15) is 0 Å². The highest BCUT2D eigenvalue weighted by Crippen LogP contribution is 2.09. The van der Waals surface area contributed by atoms with E-state index < -0.39 is 15.2 Å². The zero-order chi connectivity index (χ0) is 13.8. The molecule has 1 aromatic carbocycles. The molecule has 0 saturated heterocycles. The average Bonchev–Trinajstić information content (AvgIpc) is 2.27. The molecule has 0 aliphatic heterocycles. The third-order valence-corrected chi connectivity index (χ3v) is 4.23. The molecular weight excluding hydrogens is 247 g/mol. The quantitative estimate of drug-likeness (QED) is 0.613. The van der Waals surface area contributed by atoms with Crippen molar-refractivity contribution in [3.8, 4) is 0 Å². The van der Waals surface area contributed by atoms with Crippen LogP contribution in [0.1, 0.15) is 10.4 Å². The highest BCUT2D eigenvalue weighted by Gasteiger charge is 2.15. The van der Waals surface area contributed by atoms with Gasteiger partial charge >= 0.3 is 13.1 Å². The molecule has 0 fully saturated rings. The second-order valence-electron chi connectivity index (χ2n) is 5.44. The van der Waals surface area contributed by atoms with Gasteiger partial charge in [-0.2, -0.15) is 0 Å². The van der Waals surface area contributed by atoms with Crippen molar-refractivity contribution in [3.63, 3.8) is 0 Å². The van der Waals surface area contributed by atoms with Crippen LogP contribution in [0, 0.1) is 0 Å². The van der Waals surface area contributed by atoms with Crippen LogP contribution >= 0.6 is 0 Å². The summed E-state index contributed by atoms with van der Waals surface area (Å²) in [6.45, 7) is 7.10. The molecule has 1 rings (SSSR count). The lowest BCUT2D eigenvalue weighted by Crippen LogP contribution is -2.29. The standard InChI is InChI=1S/C12H19BO4Si/c1-18(2,3)9-8-17-12(14)10-4-6-11(7-5-10)13(15)16/h4-7,15-16H,8-9H2,1-3H3. The molecule has 6 heteroatoms. The van der Waals surface area contributed by atoms with Crippen molar-refractivity contribution in [1.82, 2.24) is 0 Å². The van der Waals surface area contributed by atoms with Crippen molar-refractivity contribution in [1.29, 1.82) is 0 Å². The molecule has 0 aromatic heterocycles. The molecule has 4 nitrogen and oxygen atoms in total. The van der Waals surface area contributed by atoms with E-state index in [9.17, 15) is 4.79 Å². The Morgan fingerprint density at radius 2 is 1.78 bits per heavy atom. The fraction of sp³-hybridized carbons (Fsp3) is 0.417. The molecule has 0 aliphatic rings. The first-order chi connectivity index (χ1) is 8.29. The number of rotatable bonds is 5. The van der Waals surface area contributed by atoms with Crippen molar-refractivity contribution in [2.45, 2.75) is 25.7 Å². The third kappa shape index (κ3) is 5.03. The number of benzene rings is 1. The molecule has 0 bridgehead atoms. The van der Waals surface area contributed by atoms with Gasteiger partial charge in [0.2, 0.25) is 0 Å². The zero-order valence-corrected chi connectivity index (χ0v) is 12.0.